The lowest BCUT2D eigenvalue weighted by Crippen LogP contribution is -2.37. The molecule has 0 spiro atoms. The van der Waals surface area contributed by atoms with E-state index < -0.39 is 9.84 Å². The molecule has 0 saturated heterocycles. The van der Waals surface area contributed by atoms with Gasteiger partial charge in [-0.25, -0.2) is 8.42 Å². The molecule has 66 valence electrons. The van der Waals surface area contributed by atoms with Crippen molar-refractivity contribution in [2.24, 2.45) is 0 Å². The third kappa shape index (κ3) is 3.72. The van der Waals surface area contributed by atoms with Gasteiger partial charge in [0.2, 0.25) is 0 Å². The van der Waals surface area contributed by atoms with Crippen molar-refractivity contribution in [3.05, 3.63) is 0 Å². The molecule has 0 heterocycles. The number of hydrogen-bond acceptors (Lipinski definition) is 3. The molecule has 1 saturated carbocycles. The summed E-state index contributed by atoms with van der Waals surface area (Å²) < 4.78 is 21.4. The molecule has 0 aromatic heterocycles. The Morgan fingerprint density at radius 1 is 1.45 bits per heavy atom. The van der Waals surface area contributed by atoms with Gasteiger partial charge in [0.25, 0.3) is 0 Å². The lowest BCUT2D eigenvalue weighted by atomic mass is 9.93. The average molecular weight is 177 g/mol. The molecule has 1 aliphatic carbocycles. The Morgan fingerprint density at radius 2 is 2.09 bits per heavy atom. The van der Waals surface area contributed by atoms with Crippen molar-refractivity contribution in [3.63, 3.8) is 0 Å². The van der Waals surface area contributed by atoms with Crippen molar-refractivity contribution < 1.29 is 8.42 Å². The predicted octanol–water partition coefficient (Wildman–Crippen LogP) is 0.173. The molecule has 1 aliphatic rings. The summed E-state index contributed by atoms with van der Waals surface area (Å²) in [6.07, 6.45) is 4.99. The van der Waals surface area contributed by atoms with Crippen molar-refractivity contribution in [1.29, 1.82) is 0 Å². The summed E-state index contributed by atoms with van der Waals surface area (Å²) in [4.78, 5) is 0. The van der Waals surface area contributed by atoms with Gasteiger partial charge in [0.15, 0.2) is 0 Å². The molecule has 0 amide bonds. The van der Waals surface area contributed by atoms with Gasteiger partial charge in [0, 0.05) is 18.8 Å². The first kappa shape index (κ1) is 9.00. The molecular weight excluding hydrogens is 162 g/mol. The Morgan fingerprint density at radius 3 is 2.45 bits per heavy atom. The van der Waals surface area contributed by atoms with E-state index in [0.717, 1.165) is 0 Å². The number of hydrogen-bond donors (Lipinski definition) is 1. The van der Waals surface area contributed by atoms with Crippen LogP contribution in [0.3, 0.4) is 0 Å². The second kappa shape index (κ2) is 3.54. The van der Waals surface area contributed by atoms with E-state index in [2.05, 4.69) is 5.32 Å². The van der Waals surface area contributed by atoms with E-state index in [4.69, 9.17) is 0 Å². The Balaban J connectivity index is 2.04. The van der Waals surface area contributed by atoms with E-state index in [0.29, 0.717) is 12.6 Å². The van der Waals surface area contributed by atoms with Crippen molar-refractivity contribution in [2.45, 2.75) is 25.3 Å². The SMILES string of the molecule is CS(=O)(=O)CCNC1CCC1. The van der Waals surface area contributed by atoms with Crippen LogP contribution in [0.25, 0.3) is 0 Å². The topological polar surface area (TPSA) is 46.2 Å². The molecule has 4 heteroatoms. The van der Waals surface area contributed by atoms with Crippen LogP contribution in [-0.2, 0) is 9.84 Å². The van der Waals surface area contributed by atoms with Gasteiger partial charge < -0.3 is 5.32 Å². The van der Waals surface area contributed by atoms with E-state index >= 15 is 0 Å². The first-order chi connectivity index (χ1) is 5.08. The highest BCUT2D eigenvalue weighted by Gasteiger charge is 2.16. The monoisotopic (exact) mass is 177 g/mol. The normalized spacial score (nSPS) is 19.7. The number of nitrogens with one attached hydrogen (secondary N) is 1. The summed E-state index contributed by atoms with van der Waals surface area (Å²) in [5.41, 5.74) is 0. The summed E-state index contributed by atoms with van der Waals surface area (Å²) in [6.45, 7) is 0.615. The third-order valence-corrected chi connectivity index (χ3v) is 2.96. The maximum atomic E-state index is 10.7. The highest BCUT2D eigenvalue weighted by molar-refractivity contribution is 7.90. The van der Waals surface area contributed by atoms with Crippen LogP contribution in [0, 0.1) is 0 Å². The average Bonchev–Trinajstić information content (AvgIpc) is 1.73. The zero-order valence-electron chi connectivity index (χ0n) is 6.84. The maximum Gasteiger partial charge on any atom is 0.148 e. The molecule has 1 fully saturated rings. The molecule has 1 rings (SSSR count). The van der Waals surface area contributed by atoms with Crippen LogP contribution in [0.2, 0.25) is 0 Å². The van der Waals surface area contributed by atoms with Crippen molar-refractivity contribution in [2.75, 3.05) is 18.6 Å². The van der Waals surface area contributed by atoms with Crippen molar-refractivity contribution in [3.8, 4) is 0 Å². The first-order valence-electron chi connectivity index (χ1n) is 3.99. The molecule has 0 bridgehead atoms. The van der Waals surface area contributed by atoms with Crippen LogP contribution in [-0.4, -0.2) is 33.0 Å². The largest absolute Gasteiger partial charge is 0.313 e. The van der Waals surface area contributed by atoms with E-state index in [-0.39, 0.29) is 5.75 Å². The molecule has 0 aromatic carbocycles. The Labute approximate surface area is 68.1 Å². The van der Waals surface area contributed by atoms with Gasteiger partial charge in [-0.1, -0.05) is 6.42 Å². The molecule has 0 aromatic rings. The lowest BCUT2D eigenvalue weighted by Gasteiger charge is -2.26. The van der Waals surface area contributed by atoms with Crippen LogP contribution in [0.1, 0.15) is 19.3 Å². The van der Waals surface area contributed by atoms with Gasteiger partial charge in [0.1, 0.15) is 9.84 Å². The summed E-state index contributed by atoms with van der Waals surface area (Å²) in [6, 6.07) is 0.594. The predicted molar refractivity (Wildman–Crippen MR) is 45.4 cm³/mol. The lowest BCUT2D eigenvalue weighted by molar-refractivity contribution is 0.347. The molecule has 11 heavy (non-hydrogen) atoms. The highest BCUT2D eigenvalue weighted by atomic mass is 32.2. The van der Waals surface area contributed by atoms with Crippen molar-refractivity contribution in [1.82, 2.24) is 5.32 Å². The van der Waals surface area contributed by atoms with E-state index in [1.165, 1.54) is 25.5 Å². The van der Waals surface area contributed by atoms with Gasteiger partial charge in [-0.05, 0) is 12.8 Å². The minimum absolute atomic E-state index is 0.267. The standard InChI is InChI=1S/C7H15NO2S/c1-11(9,10)6-5-8-7-3-2-4-7/h7-8H,2-6H2,1H3. The summed E-state index contributed by atoms with van der Waals surface area (Å²) in [5.74, 6) is 0.267. The second-order valence-corrected chi connectivity index (χ2v) is 5.47. The molecule has 3 nitrogen and oxygen atoms in total. The third-order valence-electron chi connectivity index (χ3n) is 2.01. The van der Waals surface area contributed by atoms with E-state index in [1.807, 2.05) is 0 Å². The van der Waals surface area contributed by atoms with Crippen LogP contribution in [0.5, 0.6) is 0 Å². The molecule has 0 unspecified atom stereocenters. The fourth-order valence-electron chi connectivity index (χ4n) is 1.06. The minimum atomic E-state index is -2.77. The Bertz CT molecular complexity index is 206. The number of rotatable bonds is 4. The molecule has 0 aliphatic heterocycles. The fraction of sp³-hybridized carbons (Fsp3) is 1.00. The van der Waals surface area contributed by atoms with Gasteiger partial charge in [-0.3, -0.25) is 0 Å². The van der Waals surface area contributed by atoms with Gasteiger partial charge in [0.05, 0.1) is 5.75 Å². The second-order valence-electron chi connectivity index (χ2n) is 3.21. The molecular formula is C7H15NO2S. The van der Waals surface area contributed by atoms with Crippen LogP contribution < -0.4 is 5.32 Å². The summed E-state index contributed by atoms with van der Waals surface area (Å²) in [5, 5.41) is 3.20. The fourth-order valence-corrected chi connectivity index (χ4v) is 1.55. The quantitative estimate of drug-likeness (QED) is 0.666. The van der Waals surface area contributed by atoms with E-state index in [9.17, 15) is 8.42 Å². The van der Waals surface area contributed by atoms with Crippen LogP contribution in [0.15, 0.2) is 0 Å². The van der Waals surface area contributed by atoms with Gasteiger partial charge >= 0.3 is 0 Å². The molecule has 0 atom stereocenters. The van der Waals surface area contributed by atoms with Crippen LogP contribution in [0.4, 0.5) is 0 Å². The highest BCUT2D eigenvalue weighted by Crippen LogP contribution is 2.17. The maximum absolute atomic E-state index is 10.7. The molecule has 0 radical (unpaired) electrons. The summed E-state index contributed by atoms with van der Waals surface area (Å²) in [7, 11) is -2.77. The molecule has 1 N–H and O–H groups in total. The van der Waals surface area contributed by atoms with Gasteiger partial charge in [-0.15, -0.1) is 0 Å². The zero-order chi connectivity index (χ0) is 8.32. The minimum Gasteiger partial charge on any atom is -0.313 e. The Hall–Kier alpha value is -0.0900. The number of sulfone groups is 1. The van der Waals surface area contributed by atoms with Crippen LogP contribution >= 0.6 is 0 Å². The zero-order valence-corrected chi connectivity index (χ0v) is 7.65. The summed E-state index contributed by atoms with van der Waals surface area (Å²) >= 11 is 0. The van der Waals surface area contributed by atoms with Crippen molar-refractivity contribution >= 4 is 9.84 Å². The Kier molecular flexibility index (Phi) is 2.90. The van der Waals surface area contributed by atoms with Gasteiger partial charge in [-0.2, -0.15) is 0 Å². The first-order valence-corrected chi connectivity index (χ1v) is 6.05. The smallest absolute Gasteiger partial charge is 0.148 e. The van der Waals surface area contributed by atoms with E-state index in [1.54, 1.807) is 0 Å².